The molecule has 0 aliphatic carbocycles. The lowest BCUT2D eigenvalue weighted by Gasteiger charge is -2.04. The van der Waals surface area contributed by atoms with Crippen LogP contribution in [0.4, 0.5) is 17.6 Å². The Kier molecular flexibility index (Phi) is 3.64. The van der Waals surface area contributed by atoms with Crippen LogP contribution in [0.3, 0.4) is 0 Å². The van der Waals surface area contributed by atoms with Crippen LogP contribution >= 0.6 is 0 Å². The van der Waals surface area contributed by atoms with Gasteiger partial charge in [0.15, 0.2) is 5.78 Å². The molecule has 0 aromatic heterocycles. The molecule has 0 fully saturated rings. The molecule has 19 heavy (non-hydrogen) atoms. The summed E-state index contributed by atoms with van der Waals surface area (Å²) in [5, 5.41) is 0. The average Bonchev–Trinajstić information content (AvgIpc) is 2.26. The Bertz CT molecular complexity index is 617. The van der Waals surface area contributed by atoms with Crippen molar-refractivity contribution in [2.24, 2.45) is 0 Å². The van der Waals surface area contributed by atoms with Gasteiger partial charge < -0.3 is 0 Å². The number of hydrogen-bond donors (Lipinski definition) is 0. The highest BCUT2D eigenvalue weighted by molar-refractivity contribution is 5.97. The third-order valence-corrected chi connectivity index (χ3v) is 2.52. The molecular weight excluding hydrogens is 260 g/mol. The minimum absolute atomic E-state index is 0.0891. The molecule has 0 heterocycles. The van der Waals surface area contributed by atoms with E-state index >= 15 is 0 Å². The fourth-order valence-corrected chi connectivity index (χ4v) is 1.71. The van der Waals surface area contributed by atoms with E-state index in [0.717, 1.165) is 24.3 Å². The zero-order chi connectivity index (χ0) is 14.0. The summed E-state index contributed by atoms with van der Waals surface area (Å²) >= 11 is 0. The topological polar surface area (TPSA) is 17.1 Å². The zero-order valence-electron chi connectivity index (χ0n) is 9.59. The number of halogens is 4. The molecule has 5 heteroatoms. The Morgan fingerprint density at radius 3 is 2.05 bits per heavy atom. The number of ketones is 1. The van der Waals surface area contributed by atoms with Gasteiger partial charge in [0.05, 0.1) is 5.56 Å². The van der Waals surface area contributed by atoms with E-state index in [1.807, 2.05) is 0 Å². The van der Waals surface area contributed by atoms with Gasteiger partial charge in [0.2, 0.25) is 0 Å². The molecule has 0 atom stereocenters. The minimum atomic E-state index is -0.998. The molecule has 98 valence electrons. The summed E-state index contributed by atoms with van der Waals surface area (Å²) < 4.78 is 51.9. The lowest BCUT2D eigenvalue weighted by molar-refractivity contribution is 0.0989. The van der Waals surface area contributed by atoms with Crippen LogP contribution in [-0.4, -0.2) is 5.78 Å². The van der Waals surface area contributed by atoms with E-state index in [2.05, 4.69) is 0 Å². The second kappa shape index (κ2) is 5.22. The normalized spacial score (nSPS) is 10.5. The SMILES string of the molecule is O=C(Cc1cc(F)cc(F)c1)c1ccc(F)cc1F. The summed E-state index contributed by atoms with van der Waals surface area (Å²) in [5.41, 5.74) is -0.225. The predicted molar refractivity (Wildman–Crippen MR) is 60.8 cm³/mol. The first-order chi connectivity index (χ1) is 8.95. The molecule has 2 aromatic rings. The van der Waals surface area contributed by atoms with Gasteiger partial charge in [0, 0.05) is 18.6 Å². The molecule has 2 aromatic carbocycles. The molecule has 0 aliphatic heterocycles. The lowest BCUT2D eigenvalue weighted by atomic mass is 10.0. The number of Topliss-reactive ketones (excluding diaryl/α,β-unsaturated/α-hetero) is 1. The van der Waals surface area contributed by atoms with Gasteiger partial charge in [-0.3, -0.25) is 4.79 Å². The maximum atomic E-state index is 13.4. The molecule has 0 N–H and O–H groups in total. The van der Waals surface area contributed by atoms with Crippen molar-refractivity contribution in [2.75, 3.05) is 0 Å². The van der Waals surface area contributed by atoms with Crippen LogP contribution < -0.4 is 0 Å². The van der Waals surface area contributed by atoms with Gasteiger partial charge in [-0.2, -0.15) is 0 Å². The first-order valence-corrected chi connectivity index (χ1v) is 5.39. The minimum Gasteiger partial charge on any atom is -0.294 e. The molecule has 0 saturated heterocycles. The van der Waals surface area contributed by atoms with Gasteiger partial charge in [0.1, 0.15) is 23.3 Å². The molecule has 0 radical (unpaired) electrons. The molecule has 0 unspecified atom stereocenters. The Morgan fingerprint density at radius 2 is 1.47 bits per heavy atom. The van der Waals surface area contributed by atoms with Crippen molar-refractivity contribution in [1.29, 1.82) is 0 Å². The molecule has 0 amide bonds. The van der Waals surface area contributed by atoms with Crippen LogP contribution in [0, 0.1) is 23.3 Å². The van der Waals surface area contributed by atoms with Gasteiger partial charge in [-0.15, -0.1) is 0 Å². The summed E-state index contributed by atoms with van der Waals surface area (Å²) in [4.78, 5) is 11.8. The summed E-state index contributed by atoms with van der Waals surface area (Å²) in [6, 6.07) is 5.18. The Morgan fingerprint density at radius 1 is 0.842 bits per heavy atom. The molecular formula is C14H8F4O. The zero-order valence-corrected chi connectivity index (χ0v) is 9.59. The highest BCUT2D eigenvalue weighted by atomic mass is 19.1. The second-order valence-corrected chi connectivity index (χ2v) is 4.00. The van der Waals surface area contributed by atoms with Crippen LogP contribution in [0.5, 0.6) is 0 Å². The Balaban J connectivity index is 2.25. The van der Waals surface area contributed by atoms with E-state index in [4.69, 9.17) is 0 Å². The van der Waals surface area contributed by atoms with Crippen molar-refractivity contribution in [3.8, 4) is 0 Å². The van der Waals surface area contributed by atoms with Crippen molar-refractivity contribution in [3.05, 3.63) is 70.8 Å². The van der Waals surface area contributed by atoms with Gasteiger partial charge in [-0.1, -0.05) is 0 Å². The third kappa shape index (κ3) is 3.19. The van der Waals surface area contributed by atoms with Crippen LogP contribution in [0.25, 0.3) is 0 Å². The fraction of sp³-hybridized carbons (Fsp3) is 0.0714. The number of hydrogen-bond acceptors (Lipinski definition) is 1. The predicted octanol–water partition coefficient (Wildman–Crippen LogP) is 3.67. The van der Waals surface area contributed by atoms with E-state index in [1.54, 1.807) is 0 Å². The van der Waals surface area contributed by atoms with Crippen LogP contribution in [0.1, 0.15) is 15.9 Å². The number of carbonyl (C=O) groups is 1. The van der Waals surface area contributed by atoms with E-state index in [9.17, 15) is 22.4 Å². The van der Waals surface area contributed by atoms with Gasteiger partial charge >= 0.3 is 0 Å². The maximum Gasteiger partial charge on any atom is 0.170 e. The quantitative estimate of drug-likeness (QED) is 0.613. The summed E-state index contributed by atoms with van der Waals surface area (Å²) in [7, 11) is 0. The standard InChI is InChI=1S/C14H8F4O/c15-9-1-2-12(13(18)7-9)14(19)5-8-3-10(16)6-11(17)4-8/h1-4,6-7H,5H2. The van der Waals surface area contributed by atoms with Crippen molar-refractivity contribution < 1.29 is 22.4 Å². The van der Waals surface area contributed by atoms with Crippen LogP contribution in [0.2, 0.25) is 0 Å². The van der Waals surface area contributed by atoms with Crippen molar-refractivity contribution in [2.45, 2.75) is 6.42 Å². The second-order valence-electron chi connectivity index (χ2n) is 4.00. The highest BCUT2D eigenvalue weighted by Crippen LogP contribution is 2.15. The Labute approximate surface area is 106 Å². The monoisotopic (exact) mass is 268 g/mol. The van der Waals surface area contributed by atoms with E-state index in [-0.39, 0.29) is 17.5 Å². The molecule has 0 saturated carbocycles. The van der Waals surface area contributed by atoms with Gasteiger partial charge in [-0.25, -0.2) is 17.6 Å². The first kappa shape index (κ1) is 13.3. The third-order valence-electron chi connectivity index (χ3n) is 2.52. The van der Waals surface area contributed by atoms with Crippen molar-refractivity contribution >= 4 is 5.78 Å². The van der Waals surface area contributed by atoms with E-state index in [1.165, 1.54) is 0 Å². The largest absolute Gasteiger partial charge is 0.294 e. The molecule has 1 nitrogen and oxygen atoms in total. The maximum absolute atomic E-state index is 13.4. The number of carbonyl (C=O) groups excluding carboxylic acids is 1. The summed E-state index contributed by atoms with van der Waals surface area (Å²) in [6.45, 7) is 0. The smallest absolute Gasteiger partial charge is 0.170 e. The van der Waals surface area contributed by atoms with Crippen LogP contribution in [0.15, 0.2) is 36.4 Å². The van der Waals surface area contributed by atoms with E-state index in [0.29, 0.717) is 12.1 Å². The fourth-order valence-electron chi connectivity index (χ4n) is 1.71. The molecule has 0 spiro atoms. The van der Waals surface area contributed by atoms with Crippen molar-refractivity contribution in [1.82, 2.24) is 0 Å². The number of benzene rings is 2. The molecule has 0 bridgehead atoms. The highest BCUT2D eigenvalue weighted by Gasteiger charge is 2.14. The van der Waals surface area contributed by atoms with E-state index < -0.39 is 29.1 Å². The molecule has 0 aliphatic rings. The Hall–Kier alpha value is -2.17. The lowest BCUT2D eigenvalue weighted by Crippen LogP contribution is -2.07. The van der Waals surface area contributed by atoms with Gasteiger partial charge in [-0.05, 0) is 29.8 Å². The van der Waals surface area contributed by atoms with Gasteiger partial charge in [0.25, 0.3) is 0 Å². The molecule has 2 rings (SSSR count). The number of rotatable bonds is 3. The van der Waals surface area contributed by atoms with Crippen molar-refractivity contribution in [3.63, 3.8) is 0 Å². The summed E-state index contributed by atoms with van der Waals surface area (Å²) in [6.07, 6.45) is -0.364. The average molecular weight is 268 g/mol. The summed E-state index contributed by atoms with van der Waals surface area (Å²) in [5.74, 6) is -4.11. The van der Waals surface area contributed by atoms with Crippen LogP contribution in [-0.2, 0) is 6.42 Å². The first-order valence-electron chi connectivity index (χ1n) is 5.39.